The van der Waals surface area contributed by atoms with Crippen LogP contribution in [0.2, 0.25) is 0 Å². The summed E-state index contributed by atoms with van der Waals surface area (Å²) in [6, 6.07) is 0. The van der Waals surface area contributed by atoms with Gasteiger partial charge in [0.15, 0.2) is 5.78 Å². The highest BCUT2D eigenvalue weighted by atomic mass is 16.1. The van der Waals surface area contributed by atoms with Gasteiger partial charge in [-0.1, -0.05) is 6.92 Å². The second-order valence-electron chi connectivity index (χ2n) is 4.74. The van der Waals surface area contributed by atoms with Crippen molar-refractivity contribution in [3.8, 4) is 0 Å². The maximum atomic E-state index is 12.0. The summed E-state index contributed by atoms with van der Waals surface area (Å²) in [6.45, 7) is 4.65. The smallest absolute Gasteiger partial charge is 0.223 e. The average Bonchev–Trinajstić information content (AvgIpc) is 2.23. The van der Waals surface area contributed by atoms with E-state index in [-0.39, 0.29) is 11.7 Å². The van der Waals surface area contributed by atoms with Crippen molar-refractivity contribution < 1.29 is 4.79 Å². The Morgan fingerprint density at radius 1 is 1.41 bits per heavy atom. The molecular weight excluding hydrogens is 218 g/mol. The van der Waals surface area contributed by atoms with Crippen LogP contribution < -0.4 is 16.0 Å². The Labute approximate surface area is 99.2 Å². The zero-order chi connectivity index (χ0) is 12.0. The van der Waals surface area contributed by atoms with Crippen LogP contribution in [0.4, 0.5) is 17.6 Å². The first-order chi connectivity index (χ1) is 8.15. The molecule has 0 radical (unpaired) electrons. The maximum absolute atomic E-state index is 12.0. The number of carbonyl (C=O) groups excluding carboxylic acids is 1. The second kappa shape index (κ2) is 3.58. The van der Waals surface area contributed by atoms with Gasteiger partial charge in [0.1, 0.15) is 17.2 Å². The van der Waals surface area contributed by atoms with Crippen molar-refractivity contribution in [3.63, 3.8) is 0 Å². The number of anilines is 3. The monoisotopic (exact) mass is 233 g/mol. The molecule has 2 aliphatic rings. The van der Waals surface area contributed by atoms with Crippen LogP contribution in [-0.2, 0) is 0 Å². The van der Waals surface area contributed by atoms with Crippen LogP contribution in [0.5, 0.6) is 0 Å². The van der Waals surface area contributed by atoms with E-state index in [0.29, 0.717) is 36.1 Å². The predicted molar refractivity (Wildman–Crippen MR) is 65.3 cm³/mol. The van der Waals surface area contributed by atoms with Crippen LogP contribution in [0.25, 0.3) is 0 Å². The van der Waals surface area contributed by atoms with E-state index in [1.807, 2.05) is 0 Å². The summed E-state index contributed by atoms with van der Waals surface area (Å²) in [5, 5.41) is 3.11. The van der Waals surface area contributed by atoms with E-state index in [0.717, 1.165) is 13.1 Å². The quantitative estimate of drug-likeness (QED) is 0.735. The molecule has 3 heterocycles. The number of nitrogen functional groups attached to an aromatic ring is 1. The minimum atomic E-state index is 0.105. The lowest BCUT2D eigenvalue weighted by Crippen LogP contribution is -2.46. The van der Waals surface area contributed by atoms with Gasteiger partial charge in [-0.15, -0.1) is 0 Å². The van der Waals surface area contributed by atoms with Gasteiger partial charge in [0.25, 0.3) is 0 Å². The second-order valence-corrected chi connectivity index (χ2v) is 4.74. The van der Waals surface area contributed by atoms with E-state index >= 15 is 0 Å². The Hall–Kier alpha value is -1.85. The molecule has 3 rings (SSSR count). The van der Waals surface area contributed by atoms with Gasteiger partial charge < -0.3 is 16.0 Å². The summed E-state index contributed by atoms with van der Waals surface area (Å²) in [5.74, 6) is 2.26. The Bertz CT molecular complexity index is 481. The number of Topliss-reactive ketones (excluding diaryl/α,β-unsaturated/α-hetero) is 1. The molecule has 2 aliphatic heterocycles. The molecule has 0 amide bonds. The number of nitrogens with zero attached hydrogens (tertiary/aromatic N) is 3. The normalized spacial score (nSPS) is 19.6. The molecule has 0 aromatic carbocycles. The number of hydrogen-bond donors (Lipinski definition) is 2. The molecule has 1 saturated heterocycles. The van der Waals surface area contributed by atoms with E-state index in [1.165, 1.54) is 0 Å². The number of nitrogens with one attached hydrogen (secondary N) is 1. The van der Waals surface area contributed by atoms with Crippen LogP contribution in [0, 0.1) is 5.92 Å². The molecule has 1 aromatic rings. The van der Waals surface area contributed by atoms with Gasteiger partial charge in [0, 0.05) is 26.1 Å². The van der Waals surface area contributed by atoms with Crippen LogP contribution >= 0.6 is 0 Å². The molecule has 0 unspecified atom stereocenters. The number of nitrogens with two attached hydrogens (primary N) is 1. The number of fused-ring (bicyclic) bond motifs is 1. The standard InChI is InChI=1S/C11H15N5O/c1-6-4-16(5-6)10-8-7(17)2-3-13-9(8)14-11(12)15-10/h6H,2-5H2,1H3,(H3,12,13,14,15). The predicted octanol–water partition coefficient (Wildman–Crippen LogP) is 0.513. The first-order valence-electron chi connectivity index (χ1n) is 5.84. The molecule has 1 fully saturated rings. The molecule has 0 aliphatic carbocycles. The number of ketones is 1. The molecule has 0 spiro atoms. The first kappa shape index (κ1) is 10.3. The number of rotatable bonds is 1. The largest absolute Gasteiger partial charge is 0.369 e. The molecule has 0 saturated carbocycles. The molecule has 0 atom stereocenters. The Morgan fingerprint density at radius 3 is 2.88 bits per heavy atom. The molecule has 0 bridgehead atoms. The number of aromatic nitrogens is 2. The summed E-state index contributed by atoms with van der Waals surface area (Å²) >= 11 is 0. The Morgan fingerprint density at radius 2 is 2.18 bits per heavy atom. The third-order valence-electron chi connectivity index (χ3n) is 3.19. The summed E-state index contributed by atoms with van der Waals surface area (Å²) < 4.78 is 0. The van der Waals surface area contributed by atoms with Gasteiger partial charge in [-0.2, -0.15) is 9.97 Å². The minimum absolute atomic E-state index is 0.105. The van der Waals surface area contributed by atoms with Crippen molar-refractivity contribution in [2.45, 2.75) is 13.3 Å². The lowest BCUT2D eigenvalue weighted by Gasteiger charge is -2.39. The van der Waals surface area contributed by atoms with Crippen LogP contribution in [0.3, 0.4) is 0 Å². The van der Waals surface area contributed by atoms with Gasteiger partial charge in [0.2, 0.25) is 5.95 Å². The average molecular weight is 233 g/mol. The lowest BCUT2D eigenvalue weighted by atomic mass is 9.99. The molecule has 3 N–H and O–H groups in total. The molecule has 6 nitrogen and oxygen atoms in total. The van der Waals surface area contributed by atoms with E-state index in [1.54, 1.807) is 0 Å². The highest BCUT2D eigenvalue weighted by Gasteiger charge is 2.31. The van der Waals surface area contributed by atoms with Gasteiger partial charge in [-0.05, 0) is 5.92 Å². The molecule has 1 aromatic heterocycles. The SMILES string of the molecule is CC1CN(c2nc(N)nc3c2C(=O)CCN3)C1. The van der Waals surface area contributed by atoms with Gasteiger partial charge in [-0.25, -0.2) is 0 Å². The zero-order valence-corrected chi connectivity index (χ0v) is 9.73. The lowest BCUT2D eigenvalue weighted by molar-refractivity contribution is 0.0983. The fourth-order valence-corrected chi connectivity index (χ4v) is 2.37. The topological polar surface area (TPSA) is 84.1 Å². The van der Waals surface area contributed by atoms with Gasteiger partial charge in [-0.3, -0.25) is 4.79 Å². The van der Waals surface area contributed by atoms with Crippen LogP contribution in [-0.4, -0.2) is 35.4 Å². The van der Waals surface area contributed by atoms with E-state index in [4.69, 9.17) is 5.73 Å². The molecule has 17 heavy (non-hydrogen) atoms. The number of carbonyl (C=O) groups is 1. The molecule has 6 heteroatoms. The van der Waals surface area contributed by atoms with E-state index in [2.05, 4.69) is 27.1 Å². The third-order valence-corrected chi connectivity index (χ3v) is 3.19. The summed E-state index contributed by atoms with van der Waals surface area (Å²) in [4.78, 5) is 22.4. The van der Waals surface area contributed by atoms with Crippen molar-refractivity contribution in [3.05, 3.63) is 5.56 Å². The van der Waals surface area contributed by atoms with Crippen molar-refractivity contribution in [2.24, 2.45) is 5.92 Å². The van der Waals surface area contributed by atoms with Crippen LogP contribution in [0.1, 0.15) is 23.7 Å². The third kappa shape index (κ3) is 1.60. The van der Waals surface area contributed by atoms with Crippen LogP contribution in [0.15, 0.2) is 0 Å². The summed E-state index contributed by atoms with van der Waals surface area (Å²) in [7, 11) is 0. The number of hydrogen-bond acceptors (Lipinski definition) is 6. The van der Waals surface area contributed by atoms with Gasteiger partial charge >= 0.3 is 0 Å². The first-order valence-corrected chi connectivity index (χ1v) is 5.84. The van der Waals surface area contributed by atoms with Crippen molar-refractivity contribution >= 4 is 23.4 Å². The van der Waals surface area contributed by atoms with Gasteiger partial charge in [0.05, 0.1) is 0 Å². The van der Waals surface area contributed by atoms with Crippen molar-refractivity contribution in [1.29, 1.82) is 0 Å². The van der Waals surface area contributed by atoms with E-state index in [9.17, 15) is 4.79 Å². The maximum Gasteiger partial charge on any atom is 0.223 e. The Kier molecular flexibility index (Phi) is 2.17. The Balaban J connectivity index is 2.07. The molecule has 90 valence electrons. The highest BCUT2D eigenvalue weighted by Crippen LogP contribution is 2.32. The summed E-state index contributed by atoms with van der Waals surface area (Å²) in [5.41, 5.74) is 6.29. The fourth-order valence-electron chi connectivity index (χ4n) is 2.37. The highest BCUT2D eigenvalue weighted by molar-refractivity contribution is 6.06. The van der Waals surface area contributed by atoms with Crippen molar-refractivity contribution in [2.75, 3.05) is 35.6 Å². The van der Waals surface area contributed by atoms with Crippen molar-refractivity contribution in [1.82, 2.24) is 9.97 Å². The fraction of sp³-hybridized carbons (Fsp3) is 0.545. The van der Waals surface area contributed by atoms with E-state index < -0.39 is 0 Å². The molecular formula is C11H15N5O. The minimum Gasteiger partial charge on any atom is -0.369 e. The summed E-state index contributed by atoms with van der Waals surface area (Å²) in [6.07, 6.45) is 0.497. The zero-order valence-electron chi connectivity index (χ0n) is 9.73.